The van der Waals surface area contributed by atoms with Gasteiger partial charge in [0.2, 0.25) is 0 Å². The number of hydrogen-bond acceptors (Lipinski definition) is 5. The number of carbonyl (C=O) groups excluding carboxylic acids is 2. The number of alkyl halides is 3. The Morgan fingerprint density at radius 3 is 2.47 bits per heavy atom. The summed E-state index contributed by atoms with van der Waals surface area (Å²) in [4.78, 5) is 35.4. The molecule has 0 bridgehead atoms. The highest BCUT2D eigenvalue weighted by Crippen LogP contribution is 2.27. The van der Waals surface area contributed by atoms with Crippen molar-refractivity contribution >= 4 is 11.8 Å². The number of rotatable bonds is 6. The lowest BCUT2D eigenvalue weighted by molar-refractivity contribution is -0.141. The summed E-state index contributed by atoms with van der Waals surface area (Å²) in [6.45, 7) is 2.73. The van der Waals surface area contributed by atoms with Gasteiger partial charge < -0.3 is 15.3 Å². The van der Waals surface area contributed by atoms with Crippen LogP contribution in [0.25, 0.3) is 11.3 Å². The standard InChI is InChI=1S/C26H25F3N4O3/c1-16-2-4-22(31-13-16)18-10-19(12-20(11-18)25(36)33-9-7-21(34)15-33)24(35)30-8-6-17-3-5-23(32-14-17)26(27,28)29/h2-5,10-14,21,34H,6-9,15H2,1H3,(H,30,35)/t21-/m1/s1. The maximum absolute atomic E-state index is 13.1. The van der Waals surface area contributed by atoms with Gasteiger partial charge in [-0.05, 0) is 61.2 Å². The number of nitrogens with zero attached hydrogens (tertiary/aromatic N) is 3. The van der Waals surface area contributed by atoms with Crippen LogP contribution in [-0.2, 0) is 12.6 Å². The van der Waals surface area contributed by atoms with E-state index in [1.54, 1.807) is 29.3 Å². The number of pyridine rings is 2. The van der Waals surface area contributed by atoms with Crippen molar-refractivity contribution in [1.29, 1.82) is 0 Å². The number of β-amino-alcohol motifs (C(OH)–C–C–N with tert-alkyl or cyclic N) is 1. The second-order valence-electron chi connectivity index (χ2n) is 8.77. The van der Waals surface area contributed by atoms with E-state index in [1.807, 2.05) is 13.0 Å². The van der Waals surface area contributed by atoms with Crippen LogP contribution >= 0.6 is 0 Å². The summed E-state index contributed by atoms with van der Waals surface area (Å²) in [7, 11) is 0. The van der Waals surface area contributed by atoms with Crippen molar-refractivity contribution in [2.24, 2.45) is 0 Å². The SMILES string of the molecule is Cc1ccc(-c2cc(C(=O)NCCc3ccc(C(F)(F)F)nc3)cc(C(=O)N3CC[C@@H](O)C3)c2)nc1. The third kappa shape index (κ3) is 6.06. The maximum Gasteiger partial charge on any atom is 0.433 e. The second kappa shape index (κ2) is 10.4. The fourth-order valence-corrected chi connectivity index (χ4v) is 3.94. The number of hydrogen-bond donors (Lipinski definition) is 2. The lowest BCUT2D eigenvalue weighted by Gasteiger charge is -2.17. The Hall–Kier alpha value is -3.79. The number of carbonyl (C=O) groups is 2. The highest BCUT2D eigenvalue weighted by Gasteiger charge is 2.32. The van der Waals surface area contributed by atoms with E-state index < -0.39 is 23.9 Å². The molecule has 0 spiro atoms. The first-order valence-electron chi connectivity index (χ1n) is 11.5. The fraction of sp³-hybridized carbons (Fsp3) is 0.308. The van der Waals surface area contributed by atoms with E-state index in [1.165, 1.54) is 12.1 Å². The molecule has 0 unspecified atom stereocenters. The van der Waals surface area contributed by atoms with Crippen molar-refractivity contribution in [2.45, 2.75) is 32.0 Å². The molecule has 4 rings (SSSR count). The molecule has 2 aromatic heterocycles. The van der Waals surface area contributed by atoms with E-state index in [-0.39, 0.29) is 31.0 Å². The average Bonchev–Trinajstić information content (AvgIpc) is 3.29. The van der Waals surface area contributed by atoms with E-state index in [4.69, 9.17) is 0 Å². The number of aliphatic hydroxyl groups excluding tert-OH is 1. The number of aryl methyl sites for hydroxylation is 1. The van der Waals surface area contributed by atoms with Gasteiger partial charge in [0.25, 0.3) is 11.8 Å². The summed E-state index contributed by atoms with van der Waals surface area (Å²) in [5, 5.41) is 12.6. The van der Waals surface area contributed by atoms with Crippen LogP contribution in [0, 0.1) is 6.92 Å². The molecule has 3 aromatic rings. The van der Waals surface area contributed by atoms with E-state index >= 15 is 0 Å². The molecule has 0 saturated carbocycles. The van der Waals surface area contributed by atoms with Crippen molar-refractivity contribution in [3.63, 3.8) is 0 Å². The lowest BCUT2D eigenvalue weighted by Crippen LogP contribution is -2.30. The molecular weight excluding hydrogens is 473 g/mol. The molecule has 3 heterocycles. The number of likely N-dealkylation sites (tertiary alicyclic amines) is 1. The smallest absolute Gasteiger partial charge is 0.391 e. The normalized spacial score (nSPS) is 15.7. The summed E-state index contributed by atoms with van der Waals surface area (Å²) in [5.41, 5.74) is 2.29. The van der Waals surface area contributed by atoms with Crippen LogP contribution in [0.4, 0.5) is 13.2 Å². The first-order valence-corrected chi connectivity index (χ1v) is 11.5. The number of aliphatic hydroxyl groups is 1. The number of halogens is 3. The van der Waals surface area contributed by atoms with Crippen LogP contribution in [0.2, 0.25) is 0 Å². The first-order chi connectivity index (χ1) is 17.1. The number of amides is 2. The van der Waals surface area contributed by atoms with Gasteiger partial charge in [0.05, 0.1) is 11.8 Å². The Morgan fingerprint density at radius 2 is 1.86 bits per heavy atom. The molecule has 1 saturated heterocycles. The molecule has 0 radical (unpaired) electrons. The molecule has 1 aromatic carbocycles. The average molecular weight is 499 g/mol. The molecule has 36 heavy (non-hydrogen) atoms. The van der Waals surface area contributed by atoms with E-state index in [9.17, 15) is 27.9 Å². The monoisotopic (exact) mass is 498 g/mol. The van der Waals surface area contributed by atoms with Crippen molar-refractivity contribution in [2.75, 3.05) is 19.6 Å². The number of nitrogens with one attached hydrogen (secondary N) is 1. The topological polar surface area (TPSA) is 95.4 Å². The molecule has 1 atom stereocenters. The molecule has 1 fully saturated rings. The molecule has 2 amide bonds. The highest BCUT2D eigenvalue weighted by molar-refractivity contribution is 6.01. The van der Waals surface area contributed by atoms with Crippen LogP contribution < -0.4 is 5.32 Å². The Kier molecular flexibility index (Phi) is 7.35. The van der Waals surface area contributed by atoms with Crippen LogP contribution in [0.3, 0.4) is 0 Å². The van der Waals surface area contributed by atoms with Crippen LogP contribution in [0.1, 0.15) is 44.0 Å². The van der Waals surface area contributed by atoms with Crippen LogP contribution in [0.15, 0.2) is 54.9 Å². The van der Waals surface area contributed by atoms with Crippen molar-refractivity contribution in [3.8, 4) is 11.3 Å². The highest BCUT2D eigenvalue weighted by atomic mass is 19.4. The minimum Gasteiger partial charge on any atom is -0.391 e. The summed E-state index contributed by atoms with van der Waals surface area (Å²) in [6, 6.07) is 10.7. The first kappa shape index (κ1) is 25.3. The van der Waals surface area contributed by atoms with Gasteiger partial charge in [-0.25, -0.2) is 0 Å². The molecular formula is C26H25F3N4O3. The Morgan fingerprint density at radius 1 is 1.08 bits per heavy atom. The Balaban J connectivity index is 1.52. The van der Waals surface area contributed by atoms with E-state index in [2.05, 4.69) is 15.3 Å². The third-order valence-electron chi connectivity index (χ3n) is 5.91. The molecule has 2 N–H and O–H groups in total. The van der Waals surface area contributed by atoms with Gasteiger partial charge in [0.1, 0.15) is 5.69 Å². The second-order valence-corrected chi connectivity index (χ2v) is 8.77. The molecule has 7 nitrogen and oxygen atoms in total. The number of benzene rings is 1. The lowest BCUT2D eigenvalue weighted by atomic mass is 10.0. The minimum absolute atomic E-state index is 0.167. The van der Waals surface area contributed by atoms with Crippen LogP contribution in [0.5, 0.6) is 0 Å². The van der Waals surface area contributed by atoms with Gasteiger partial charge in [-0.3, -0.25) is 19.6 Å². The molecule has 10 heteroatoms. The predicted octanol–water partition coefficient (Wildman–Crippen LogP) is 3.65. The quantitative estimate of drug-likeness (QED) is 0.541. The minimum atomic E-state index is -4.51. The predicted molar refractivity (Wildman–Crippen MR) is 126 cm³/mol. The largest absolute Gasteiger partial charge is 0.433 e. The van der Waals surface area contributed by atoms with Gasteiger partial charge >= 0.3 is 6.18 Å². The Bertz CT molecular complexity index is 1240. The van der Waals surface area contributed by atoms with Gasteiger partial charge in [-0.1, -0.05) is 12.1 Å². The van der Waals surface area contributed by atoms with Crippen molar-refractivity contribution < 1.29 is 27.9 Å². The zero-order valence-corrected chi connectivity index (χ0v) is 19.5. The van der Waals surface area contributed by atoms with Gasteiger partial charge in [-0.15, -0.1) is 0 Å². The van der Waals surface area contributed by atoms with Crippen LogP contribution in [-0.4, -0.2) is 57.5 Å². The molecule has 1 aliphatic rings. The summed E-state index contributed by atoms with van der Waals surface area (Å²) < 4.78 is 38.1. The van der Waals surface area contributed by atoms with Crippen molar-refractivity contribution in [3.05, 3.63) is 82.8 Å². The molecule has 188 valence electrons. The Labute approximate surface area is 206 Å². The molecule has 0 aliphatic carbocycles. The fourth-order valence-electron chi connectivity index (χ4n) is 3.94. The van der Waals surface area contributed by atoms with E-state index in [0.717, 1.165) is 17.8 Å². The summed E-state index contributed by atoms with van der Waals surface area (Å²) in [5.74, 6) is -0.718. The number of aromatic nitrogens is 2. The van der Waals surface area contributed by atoms with Gasteiger partial charge in [-0.2, -0.15) is 13.2 Å². The molecule has 1 aliphatic heterocycles. The van der Waals surface area contributed by atoms with Crippen molar-refractivity contribution in [1.82, 2.24) is 20.2 Å². The zero-order chi connectivity index (χ0) is 25.9. The van der Waals surface area contributed by atoms with Gasteiger partial charge in [0, 0.05) is 48.7 Å². The summed E-state index contributed by atoms with van der Waals surface area (Å²) >= 11 is 0. The van der Waals surface area contributed by atoms with Gasteiger partial charge in [0.15, 0.2) is 0 Å². The van der Waals surface area contributed by atoms with E-state index in [0.29, 0.717) is 35.3 Å². The summed E-state index contributed by atoms with van der Waals surface area (Å²) in [6.07, 6.45) is -1.46. The third-order valence-corrected chi connectivity index (χ3v) is 5.91. The zero-order valence-electron chi connectivity index (χ0n) is 19.5. The maximum atomic E-state index is 13.1.